The molecule has 0 aromatic rings. The maximum absolute atomic E-state index is 11.4. The van der Waals surface area contributed by atoms with E-state index in [1.807, 2.05) is 0 Å². The number of ether oxygens (including phenoxy) is 11. The van der Waals surface area contributed by atoms with Crippen LogP contribution in [-0.4, -0.2) is 169 Å². The van der Waals surface area contributed by atoms with Gasteiger partial charge in [-0.3, -0.25) is 14.5 Å². The first-order valence-corrected chi connectivity index (χ1v) is 18.6. The van der Waals surface area contributed by atoms with Crippen LogP contribution in [0.3, 0.4) is 0 Å². The van der Waals surface area contributed by atoms with E-state index in [1.54, 1.807) is 0 Å². The fourth-order valence-electron chi connectivity index (χ4n) is 4.45. The van der Waals surface area contributed by atoms with E-state index >= 15 is 0 Å². The number of amides is 2. The van der Waals surface area contributed by atoms with E-state index in [-0.39, 0.29) is 25.0 Å². The summed E-state index contributed by atoms with van der Waals surface area (Å²) in [5.41, 5.74) is 0. The minimum Gasteiger partial charge on any atom is -0.379 e. The maximum atomic E-state index is 11.4. The Balaban J connectivity index is 1.61. The molecule has 0 saturated heterocycles. The topological polar surface area (TPSA) is 139 Å². The molecular weight excluding hydrogens is 654 g/mol. The summed E-state index contributed by atoms with van der Waals surface area (Å²) in [7, 11) is 0. The molecule has 0 fully saturated rings. The van der Waals surface area contributed by atoms with Gasteiger partial charge in [0.1, 0.15) is 0 Å². The highest BCUT2D eigenvalue weighted by Crippen LogP contribution is 2.08. The second kappa shape index (κ2) is 38.7. The standard InChI is InChI=1S/C36H67NO13/c1-2-3-4-5-6-7-8-9-13-40-15-17-42-19-21-44-23-25-46-27-29-48-31-33-50-34-32-49-30-28-47-26-24-45-22-20-43-18-16-41-14-12-37-35(38)10-11-36(37)39/h10-11H,2-9,12-34H2,1H3. The molecule has 0 radical (unpaired) electrons. The lowest BCUT2D eigenvalue weighted by Gasteiger charge is -2.13. The highest BCUT2D eigenvalue weighted by Gasteiger charge is 2.22. The van der Waals surface area contributed by atoms with Crippen LogP contribution in [0.4, 0.5) is 0 Å². The van der Waals surface area contributed by atoms with Gasteiger partial charge < -0.3 is 52.1 Å². The molecule has 1 aliphatic rings. The number of imide groups is 1. The van der Waals surface area contributed by atoms with Crippen molar-refractivity contribution < 1.29 is 61.7 Å². The Bertz CT molecular complexity index is 756. The number of hydrogen-bond acceptors (Lipinski definition) is 13. The summed E-state index contributed by atoms with van der Waals surface area (Å²) >= 11 is 0. The highest BCUT2D eigenvalue weighted by molar-refractivity contribution is 6.12. The molecule has 0 aliphatic carbocycles. The normalized spacial score (nSPS) is 13.0. The summed E-state index contributed by atoms with van der Waals surface area (Å²) in [5, 5.41) is 0. The van der Waals surface area contributed by atoms with Crippen LogP contribution < -0.4 is 0 Å². The Morgan fingerprint density at radius 3 is 0.880 bits per heavy atom. The van der Waals surface area contributed by atoms with Crippen LogP contribution in [0.1, 0.15) is 58.3 Å². The lowest BCUT2D eigenvalue weighted by Crippen LogP contribution is -2.33. The number of nitrogens with zero attached hydrogens (tertiary/aromatic N) is 1. The summed E-state index contributed by atoms with van der Waals surface area (Å²) in [6, 6.07) is 0. The molecule has 14 heteroatoms. The number of carbonyl (C=O) groups excluding carboxylic acids is 2. The summed E-state index contributed by atoms with van der Waals surface area (Å²) in [6.45, 7) is 13.7. The van der Waals surface area contributed by atoms with E-state index < -0.39 is 0 Å². The second-order valence-electron chi connectivity index (χ2n) is 11.4. The molecule has 294 valence electrons. The lowest BCUT2D eigenvalue weighted by molar-refractivity contribution is -0.137. The number of unbranched alkanes of at least 4 members (excludes halogenated alkanes) is 7. The molecule has 0 N–H and O–H groups in total. The van der Waals surface area contributed by atoms with E-state index in [4.69, 9.17) is 52.1 Å². The van der Waals surface area contributed by atoms with Gasteiger partial charge in [-0.05, 0) is 6.42 Å². The van der Waals surface area contributed by atoms with Gasteiger partial charge in [-0.25, -0.2) is 0 Å². The average molecular weight is 722 g/mol. The van der Waals surface area contributed by atoms with Crippen molar-refractivity contribution in [3.05, 3.63) is 12.2 Å². The molecule has 0 bridgehead atoms. The predicted molar refractivity (Wildman–Crippen MR) is 187 cm³/mol. The molecule has 2 amide bonds. The van der Waals surface area contributed by atoms with E-state index in [0.29, 0.717) is 132 Å². The molecule has 50 heavy (non-hydrogen) atoms. The van der Waals surface area contributed by atoms with Crippen LogP contribution in [-0.2, 0) is 61.7 Å². The molecule has 0 aromatic carbocycles. The molecule has 0 unspecified atom stereocenters. The Morgan fingerprint density at radius 2 is 0.580 bits per heavy atom. The van der Waals surface area contributed by atoms with E-state index in [0.717, 1.165) is 17.9 Å². The van der Waals surface area contributed by atoms with Gasteiger partial charge in [0.15, 0.2) is 0 Å². The van der Waals surface area contributed by atoms with Crippen LogP contribution in [0.2, 0.25) is 0 Å². The van der Waals surface area contributed by atoms with Crippen LogP contribution in [0, 0.1) is 0 Å². The Kier molecular flexibility index (Phi) is 35.9. The van der Waals surface area contributed by atoms with Crippen molar-refractivity contribution in [1.29, 1.82) is 0 Å². The Hall–Kier alpha value is -1.56. The SMILES string of the molecule is CCCCCCCCCCOCCOCCOCCOCCOCCOCCOCCOCCOCCOCCOCCN1C(=O)C=CC1=O. The third kappa shape index (κ3) is 32.4. The summed E-state index contributed by atoms with van der Waals surface area (Å²) in [5.74, 6) is -0.609. The Morgan fingerprint density at radius 1 is 0.340 bits per heavy atom. The smallest absolute Gasteiger partial charge is 0.253 e. The van der Waals surface area contributed by atoms with E-state index in [2.05, 4.69) is 6.92 Å². The van der Waals surface area contributed by atoms with Gasteiger partial charge in [0, 0.05) is 18.8 Å². The van der Waals surface area contributed by atoms with Crippen molar-refractivity contribution in [3.8, 4) is 0 Å². The molecule has 0 aromatic heterocycles. The second-order valence-corrected chi connectivity index (χ2v) is 11.4. The summed E-state index contributed by atoms with van der Waals surface area (Å²) in [4.78, 5) is 24.0. The third-order valence-electron chi connectivity index (χ3n) is 7.22. The predicted octanol–water partition coefficient (Wildman–Crippen LogP) is 3.23. The summed E-state index contributed by atoms with van der Waals surface area (Å²) < 4.78 is 60.3. The molecule has 0 saturated carbocycles. The zero-order chi connectivity index (χ0) is 35.8. The van der Waals surface area contributed by atoms with Crippen molar-refractivity contribution >= 4 is 11.8 Å². The first-order chi connectivity index (χ1) is 24.8. The first kappa shape index (κ1) is 46.5. The molecule has 1 rings (SSSR count). The van der Waals surface area contributed by atoms with Crippen molar-refractivity contribution in [3.63, 3.8) is 0 Å². The van der Waals surface area contributed by atoms with Gasteiger partial charge in [-0.1, -0.05) is 51.9 Å². The number of carbonyl (C=O) groups is 2. The van der Waals surface area contributed by atoms with Gasteiger partial charge in [0.2, 0.25) is 0 Å². The monoisotopic (exact) mass is 721 g/mol. The van der Waals surface area contributed by atoms with Crippen LogP contribution in [0.25, 0.3) is 0 Å². The van der Waals surface area contributed by atoms with E-state index in [1.165, 1.54) is 57.1 Å². The van der Waals surface area contributed by atoms with Crippen LogP contribution in [0.15, 0.2) is 12.2 Å². The average Bonchev–Trinajstić information content (AvgIpc) is 3.44. The minimum atomic E-state index is -0.304. The van der Waals surface area contributed by atoms with Crippen LogP contribution in [0.5, 0.6) is 0 Å². The zero-order valence-electron chi connectivity index (χ0n) is 30.8. The van der Waals surface area contributed by atoms with Gasteiger partial charge in [0.25, 0.3) is 11.8 Å². The molecular formula is C36H67NO13. The molecule has 0 spiro atoms. The molecule has 1 heterocycles. The van der Waals surface area contributed by atoms with Gasteiger partial charge in [-0.2, -0.15) is 0 Å². The summed E-state index contributed by atoms with van der Waals surface area (Å²) in [6.07, 6.45) is 13.0. The third-order valence-corrected chi connectivity index (χ3v) is 7.22. The quantitative estimate of drug-likeness (QED) is 0.0674. The maximum Gasteiger partial charge on any atom is 0.253 e. The fraction of sp³-hybridized carbons (Fsp3) is 0.889. The van der Waals surface area contributed by atoms with Crippen molar-refractivity contribution in [2.45, 2.75) is 58.3 Å². The zero-order valence-corrected chi connectivity index (χ0v) is 30.8. The van der Waals surface area contributed by atoms with E-state index in [9.17, 15) is 9.59 Å². The van der Waals surface area contributed by atoms with Crippen molar-refractivity contribution in [2.75, 3.05) is 152 Å². The van der Waals surface area contributed by atoms with Crippen molar-refractivity contribution in [2.24, 2.45) is 0 Å². The van der Waals surface area contributed by atoms with Gasteiger partial charge in [-0.15, -0.1) is 0 Å². The van der Waals surface area contributed by atoms with Crippen LogP contribution >= 0.6 is 0 Å². The number of rotatable bonds is 42. The van der Waals surface area contributed by atoms with Gasteiger partial charge >= 0.3 is 0 Å². The van der Waals surface area contributed by atoms with Gasteiger partial charge in [0.05, 0.1) is 145 Å². The molecule has 14 nitrogen and oxygen atoms in total. The Labute approximate surface area is 300 Å². The highest BCUT2D eigenvalue weighted by atomic mass is 16.6. The largest absolute Gasteiger partial charge is 0.379 e. The first-order valence-electron chi connectivity index (χ1n) is 18.6. The lowest BCUT2D eigenvalue weighted by atomic mass is 10.1. The molecule has 0 atom stereocenters. The minimum absolute atomic E-state index is 0.241. The van der Waals surface area contributed by atoms with Crippen molar-refractivity contribution in [1.82, 2.24) is 4.90 Å². The molecule has 1 aliphatic heterocycles. The fourth-order valence-corrected chi connectivity index (χ4v) is 4.45. The number of hydrogen-bond donors (Lipinski definition) is 0.